The molecule has 158 valence electrons. The Bertz CT molecular complexity index is 952. The van der Waals surface area contributed by atoms with Crippen LogP contribution in [0.3, 0.4) is 0 Å². The summed E-state index contributed by atoms with van der Waals surface area (Å²) in [4.78, 5) is 48.5. The van der Waals surface area contributed by atoms with Gasteiger partial charge in [-0.15, -0.1) is 0 Å². The first-order valence-electron chi connectivity index (χ1n) is 9.62. The van der Waals surface area contributed by atoms with E-state index in [-0.39, 0.29) is 17.6 Å². The first-order valence-corrected chi connectivity index (χ1v) is 9.62. The minimum atomic E-state index is -0.896. The summed E-state index contributed by atoms with van der Waals surface area (Å²) in [5.74, 6) is -1.99. The highest BCUT2D eigenvalue weighted by atomic mass is 16.5. The molecule has 2 aromatic carbocycles. The molecule has 0 aliphatic carbocycles. The number of hydrogen-bond acceptors (Lipinski definition) is 5. The molecule has 0 aliphatic rings. The summed E-state index contributed by atoms with van der Waals surface area (Å²) >= 11 is 0. The van der Waals surface area contributed by atoms with Gasteiger partial charge in [-0.1, -0.05) is 43.7 Å². The lowest BCUT2D eigenvalue weighted by Crippen LogP contribution is -2.46. The number of carbonyl (C=O) groups is 4. The predicted molar refractivity (Wildman–Crippen MR) is 113 cm³/mol. The van der Waals surface area contributed by atoms with Crippen LogP contribution in [0, 0.1) is 12.8 Å². The number of nitrogens with one attached hydrogen (secondary N) is 2. The van der Waals surface area contributed by atoms with Crippen molar-refractivity contribution in [2.75, 3.05) is 11.9 Å². The summed E-state index contributed by atoms with van der Waals surface area (Å²) in [6.07, 6.45) is 0. The molecule has 0 saturated heterocycles. The van der Waals surface area contributed by atoms with Crippen LogP contribution in [0.15, 0.2) is 48.5 Å². The zero-order chi connectivity index (χ0) is 22.3. The number of hydrogen-bond donors (Lipinski definition) is 2. The number of carbonyl (C=O) groups excluding carboxylic acids is 4. The van der Waals surface area contributed by atoms with Crippen molar-refractivity contribution in [1.29, 1.82) is 0 Å². The number of aryl methyl sites for hydroxylation is 1. The number of ether oxygens (including phenoxy) is 1. The fourth-order valence-electron chi connectivity index (χ4n) is 2.75. The molecule has 0 fully saturated rings. The van der Waals surface area contributed by atoms with E-state index in [2.05, 4.69) is 10.6 Å². The van der Waals surface area contributed by atoms with Gasteiger partial charge >= 0.3 is 5.97 Å². The van der Waals surface area contributed by atoms with E-state index in [1.54, 1.807) is 56.3 Å². The summed E-state index contributed by atoms with van der Waals surface area (Å²) in [7, 11) is 0. The lowest BCUT2D eigenvalue weighted by atomic mass is 10.0. The molecule has 0 bridgehead atoms. The fourth-order valence-corrected chi connectivity index (χ4v) is 2.75. The lowest BCUT2D eigenvalue weighted by Gasteiger charge is -2.21. The van der Waals surface area contributed by atoms with E-state index in [0.717, 1.165) is 5.56 Å². The molecule has 2 rings (SSSR count). The second kappa shape index (κ2) is 10.3. The van der Waals surface area contributed by atoms with Gasteiger partial charge in [0.25, 0.3) is 11.8 Å². The first-order chi connectivity index (χ1) is 14.2. The molecule has 2 aromatic rings. The van der Waals surface area contributed by atoms with Crippen molar-refractivity contribution in [2.45, 2.75) is 33.7 Å². The van der Waals surface area contributed by atoms with Gasteiger partial charge in [-0.25, -0.2) is 4.79 Å². The molecular weight excluding hydrogens is 384 g/mol. The molecule has 1 atom stereocenters. The molecule has 0 aliphatic heterocycles. The van der Waals surface area contributed by atoms with E-state index >= 15 is 0 Å². The van der Waals surface area contributed by atoms with Gasteiger partial charge in [0, 0.05) is 16.8 Å². The number of anilines is 1. The van der Waals surface area contributed by atoms with Crippen LogP contribution in [-0.4, -0.2) is 36.2 Å². The minimum Gasteiger partial charge on any atom is -0.454 e. The highest BCUT2D eigenvalue weighted by Gasteiger charge is 2.26. The maximum Gasteiger partial charge on any atom is 0.329 e. The maximum absolute atomic E-state index is 12.5. The van der Waals surface area contributed by atoms with Crippen LogP contribution in [0.1, 0.15) is 47.1 Å². The third-order valence-electron chi connectivity index (χ3n) is 4.39. The van der Waals surface area contributed by atoms with Crippen LogP contribution in [-0.2, 0) is 14.3 Å². The highest BCUT2D eigenvalue weighted by molar-refractivity contribution is 5.99. The standard InChI is InChI=1S/C23H26N2O5/c1-14(2)21(25-22(28)18-9-5-7-15(3)11-18)23(29)30-13-20(27)24-19-10-6-8-17(12-19)16(4)26/h5-12,14,21H,13H2,1-4H3,(H,24,27)(H,25,28). The second-order valence-electron chi connectivity index (χ2n) is 7.36. The molecular formula is C23H26N2O5. The van der Waals surface area contributed by atoms with E-state index in [0.29, 0.717) is 16.8 Å². The summed E-state index contributed by atoms with van der Waals surface area (Å²) in [6, 6.07) is 12.6. The normalized spacial score (nSPS) is 11.5. The smallest absolute Gasteiger partial charge is 0.329 e. The topological polar surface area (TPSA) is 102 Å². The van der Waals surface area contributed by atoms with Gasteiger partial charge in [-0.3, -0.25) is 14.4 Å². The number of esters is 1. The number of amides is 2. The Morgan fingerprint density at radius 2 is 1.63 bits per heavy atom. The summed E-state index contributed by atoms with van der Waals surface area (Å²) in [6.45, 7) is 6.34. The van der Waals surface area contributed by atoms with Crippen LogP contribution in [0.4, 0.5) is 5.69 Å². The Morgan fingerprint density at radius 3 is 2.27 bits per heavy atom. The molecule has 2 amide bonds. The molecule has 0 radical (unpaired) electrons. The van der Waals surface area contributed by atoms with Crippen LogP contribution in [0.2, 0.25) is 0 Å². The molecule has 0 spiro atoms. The van der Waals surface area contributed by atoms with E-state index < -0.39 is 24.5 Å². The zero-order valence-corrected chi connectivity index (χ0v) is 17.5. The summed E-state index contributed by atoms with van der Waals surface area (Å²) in [5, 5.41) is 5.25. The molecule has 1 unspecified atom stereocenters. The van der Waals surface area contributed by atoms with E-state index in [1.165, 1.54) is 6.92 Å². The van der Waals surface area contributed by atoms with E-state index in [9.17, 15) is 19.2 Å². The van der Waals surface area contributed by atoms with E-state index in [1.807, 2.05) is 13.0 Å². The number of rotatable bonds is 8. The van der Waals surface area contributed by atoms with Crippen molar-refractivity contribution in [2.24, 2.45) is 5.92 Å². The van der Waals surface area contributed by atoms with Crippen molar-refractivity contribution in [3.63, 3.8) is 0 Å². The third-order valence-corrected chi connectivity index (χ3v) is 4.39. The van der Waals surface area contributed by atoms with Gasteiger partial charge in [0.2, 0.25) is 0 Å². The Morgan fingerprint density at radius 1 is 0.967 bits per heavy atom. The van der Waals surface area contributed by atoms with Crippen molar-refractivity contribution in [3.8, 4) is 0 Å². The molecule has 0 aromatic heterocycles. The Kier molecular flexibility index (Phi) is 7.86. The molecule has 7 nitrogen and oxygen atoms in total. The average molecular weight is 410 g/mol. The molecule has 2 N–H and O–H groups in total. The molecule has 0 saturated carbocycles. The molecule has 30 heavy (non-hydrogen) atoms. The monoisotopic (exact) mass is 410 g/mol. The lowest BCUT2D eigenvalue weighted by molar-refractivity contribution is -0.150. The van der Waals surface area contributed by atoms with Crippen LogP contribution >= 0.6 is 0 Å². The number of benzene rings is 2. The highest BCUT2D eigenvalue weighted by Crippen LogP contribution is 2.12. The molecule has 7 heteroatoms. The average Bonchev–Trinajstić information content (AvgIpc) is 2.70. The zero-order valence-electron chi connectivity index (χ0n) is 17.5. The number of ketones is 1. The summed E-state index contributed by atoms with van der Waals surface area (Å²) < 4.78 is 5.11. The molecule has 0 heterocycles. The van der Waals surface area contributed by atoms with Crippen molar-refractivity contribution in [1.82, 2.24) is 5.32 Å². The van der Waals surface area contributed by atoms with Gasteiger partial charge < -0.3 is 15.4 Å². The van der Waals surface area contributed by atoms with Gasteiger partial charge in [-0.05, 0) is 44.0 Å². The van der Waals surface area contributed by atoms with Crippen LogP contribution in [0.25, 0.3) is 0 Å². The predicted octanol–water partition coefficient (Wildman–Crippen LogP) is 3.13. The minimum absolute atomic E-state index is 0.123. The summed E-state index contributed by atoms with van der Waals surface area (Å²) in [5.41, 5.74) is 2.26. The number of Topliss-reactive ketones (excluding diaryl/α,β-unsaturated/α-hetero) is 1. The van der Waals surface area contributed by atoms with Gasteiger partial charge in [-0.2, -0.15) is 0 Å². The van der Waals surface area contributed by atoms with Gasteiger partial charge in [0.1, 0.15) is 6.04 Å². The second-order valence-corrected chi connectivity index (χ2v) is 7.36. The SMILES string of the molecule is CC(=O)c1cccc(NC(=O)COC(=O)C(NC(=O)c2cccc(C)c2)C(C)C)c1. The quantitative estimate of drug-likeness (QED) is 0.514. The van der Waals surface area contributed by atoms with Gasteiger partial charge in [0.15, 0.2) is 12.4 Å². The maximum atomic E-state index is 12.5. The van der Waals surface area contributed by atoms with Crippen molar-refractivity contribution >= 4 is 29.3 Å². The van der Waals surface area contributed by atoms with Crippen molar-refractivity contribution < 1.29 is 23.9 Å². The fraction of sp³-hybridized carbons (Fsp3) is 0.304. The van der Waals surface area contributed by atoms with Crippen LogP contribution in [0.5, 0.6) is 0 Å². The first kappa shape index (κ1) is 22.8. The third kappa shape index (κ3) is 6.55. The Labute approximate surface area is 175 Å². The van der Waals surface area contributed by atoms with Crippen molar-refractivity contribution in [3.05, 3.63) is 65.2 Å². The van der Waals surface area contributed by atoms with E-state index in [4.69, 9.17) is 4.74 Å². The Hall–Kier alpha value is -3.48. The van der Waals surface area contributed by atoms with Gasteiger partial charge in [0.05, 0.1) is 0 Å². The van der Waals surface area contributed by atoms with Crippen LogP contribution < -0.4 is 10.6 Å². The largest absolute Gasteiger partial charge is 0.454 e. The Balaban J connectivity index is 1.94.